The van der Waals surface area contributed by atoms with Crippen molar-refractivity contribution in [3.8, 4) is 0 Å². The number of carbonyl (C=O) groups excluding carboxylic acids is 1. The summed E-state index contributed by atoms with van der Waals surface area (Å²) in [6.07, 6.45) is 4.44. The third kappa shape index (κ3) is 5.62. The molecule has 4 nitrogen and oxygen atoms in total. The highest BCUT2D eigenvalue weighted by atomic mass is 16.6. The Morgan fingerprint density at radius 2 is 2.33 bits per heavy atom. The lowest BCUT2D eigenvalue weighted by Gasteiger charge is -2.23. The van der Waals surface area contributed by atoms with Crippen LogP contribution in [0.4, 0.5) is 4.79 Å². The van der Waals surface area contributed by atoms with Gasteiger partial charge in [0.1, 0.15) is 0 Å². The molecule has 1 amide bonds. The second-order valence-electron chi connectivity index (χ2n) is 4.32. The number of hydrogen-bond acceptors (Lipinski definition) is 3. The highest BCUT2D eigenvalue weighted by Crippen LogP contribution is 2.09. The molecule has 0 aliphatic carbocycles. The fourth-order valence-corrected chi connectivity index (χ4v) is 1.77. The summed E-state index contributed by atoms with van der Waals surface area (Å²) in [6.45, 7) is 5.51. The minimum absolute atomic E-state index is 0.0437. The maximum absolute atomic E-state index is 11.1. The molecule has 15 heavy (non-hydrogen) atoms. The van der Waals surface area contributed by atoms with Crippen molar-refractivity contribution in [2.75, 3.05) is 13.1 Å². The molecule has 1 rings (SSSR count). The topological polar surface area (TPSA) is 50.4 Å². The predicted molar refractivity (Wildman–Crippen MR) is 59.9 cm³/mol. The number of alkyl carbamates (subject to hydrolysis) is 1. The maximum atomic E-state index is 11.1. The van der Waals surface area contributed by atoms with E-state index >= 15 is 0 Å². The van der Waals surface area contributed by atoms with Crippen molar-refractivity contribution >= 4 is 6.09 Å². The smallest absolute Gasteiger partial charge is 0.407 e. The monoisotopic (exact) mass is 214 g/mol. The molecule has 0 spiro atoms. The molecule has 88 valence electrons. The summed E-state index contributed by atoms with van der Waals surface area (Å²) in [4.78, 5) is 11.1. The number of hydrogen-bond donors (Lipinski definition) is 2. The van der Waals surface area contributed by atoms with Crippen molar-refractivity contribution in [2.24, 2.45) is 0 Å². The number of carbonyl (C=O) groups is 1. The van der Waals surface area contributed by atoms with Crippen molar-refractivity contribution in [3.63, 3.8) is 0 Å². The van der Waals surface area contributed by atoms with Gasteiger partial charge in [-0.3, -0.25) is 0 Å². The first-order valence-corrected chi connectivity index (χ1v) is 5.86. The summed E-state index contributed by atoms with van der Waals surface area (Å²) < 4.78 is 4.97. The van der Waals surface area contributed by atoms with Crippen molar-refractivity contribution < 1.29 is 9.53 Å². The van der Waals surface area contributed by atoms with E-state index in [-0.39, 0.29) is 12.2 Å². The Morgan fingerprint density at radius 3 is 2.93 bits per heavy atom. The number of rotatable bonds is 4. The van der Waals surface area contributed by atoms with Crippen LogP contribution in [0.1, 0.15) is 39.5 Å². The molecule has 0 radical (unpaired) electrons. The van der Waals surface area contributed by atoms with Gasteiger partial charge in [-0.25, -0.2) is 4.79 Å². The second kappa shape index (κ2) is 6.67. The molecular weight excluding hydrogens is 192 g/mol. The standard InChI is InChI=1S/C11H22N2O2/c1-9(2)15-11(14)13-8-6-10-5-3-4-7-12-10/h9-10,12H,3-8H2,1-2H3,(H,13,14). The van der Waals surface area contributed by atoms with E-state index in [1.54, 1.807) is 0 Å². The maximum Gasteiger partial charge on any atom is 0.407 e. The van der Waals surface area contributed by atoms with Crippen molar-refractivity contribution in [1.29, 1.82) is 0 Å². The van der Waals surface area contributed by atoms with E-state index in [2.05, 4.69) is 10.6 Å². The van der Waals surface area contributed by atoms with Gasteiger partial charge < -0.3 is 15.4 Å². The normalized spacial score (nSPS) is 21.4. The Labute approximate surface area is 91.8 Å². The number of ether oxygens (including phenoxy) is 1. The lowest BCUT2D eigenvalue weighted by atomic mass is 10.0. The predicted octanol–water partition coefficient (Wildman–Crippen LogP) is 1.65. The molecule has 2 N–H and O–H groups in total. The van der Waals surface area contributed by atoms with E-state index in [0.29, 0.717) is 12.6 Å². The Morgan fingerprint density at radius 1 is 1.53 bits per heavy atom. The average Bonchev–Trinajstić information content (AvgIpc) is 2.18. The van der Waals surface area contributed by atoms with Gasteiger partial charge in [-0.05, 0) is 39.7 Å². The Kier molecular flexibility index (Phi) is 5.47. The second-order valence-corrected chi connectivity index (χ2v) is 4.32. The largest absolute Gasteiger partial charge is 0.447 e. The van der Waals surface area contributed by atoms with Crippen molar-refractivity contribution in [3.05, 3.63) is 0 Å². The molecule has 0 aromatic rings. The van der Waals surface area contributed by atoms with Gasteiger partial charge >= 0.3 is 6.09 Å². The first-order chi connectivity index (χ1) is 7.18. The zero-order valence-electron chi connectivity index (χ0n) is 9.71. The zero-order valence-corrected chi connectivity index (χ0v) is 9.71. The molecular formula is C11H22N2O2. The number of nitrogens with one attached hydrogen (secondary N) is 2. The molecule has 4 heteroatoms. The molecule has 1 saturated heterocycles. The van der Waals surface area contributed by atoms with Gasteiger partial charge in [0, 0.05) is 12.6 Å². The Balaban J connectivity index is 2.02. The fourth-order valence-electron chi connectivity index (χ4n) is 1.77. The van der Waals surface area contributed by atoms with Crippen LogP contribution in [0.2, 0.25) is 0 Å². The van der Waals surface area contributed by atoms with Crippen molar-refractivity contribution in [1.82, 2.24) is 10.6 Å². The van der Waals surface area contributed by atoms with Gasteiger partial charge in [0.25, 0.3) is 0 Å². The molecule has 1 aliphatic rings. The highest BCUT2D eigenvalue weighted by Gasteiger charge is 2.12. The average molecular weight is 214 g/mol. The van der Waals surface area contributed by atoms with Gasteiger partial charge in [-0.2, -0.15) is 0 Å². The van der Waals surface area contributed by atoms with Crippen LogP contribution in [0.3, 0.4) is 0 Å². The molecule has 1 unspecified atom stereocenters. The van der Waals surface area contributed by atoms with Crippen LogP contribution >= 0.6 is 0 Å². The van der Waals surface area contributed by atoms with Crippen LogP contribution in [-0.2, 0) is 4.74 Å². The van der Waals surface area contributed by atoms with Crippen LogP contribution in [0.25, 0.3) is 0 Å². The van der Waals surface area contributed by atoms with Gasteiger partial charge in [-0.15, -0.1) is 0 Å². The Hall–Kier alpha value is -0.770. The van der Waals surface area contributed by atoms with E-state index in [1.165, 1.54) is 19.3 Å². The van der Waals surface area contributed by atoms with Crippen LogP contribution in [-0.4, -0.2) is 31.3 Å². The van der Waals surface area contributed by atoms with Crippen LogP contribution in [0, 0.1) is 0 Å². The summed E-state index contributed by atoms with van der Waals surface area (Å²) in [6, 6.07) is 0.568. The molecule has 0 aromatic carbocycles. The zero-order chi connectivity index (χ0) is 11.1. The summed E-state index contributed by atoms with van der Waals surface area (Å²) in [7, 11) is 0. The summed E-state index contributed by atoms with van der Waals surface area (Å²) in [5, 5.41) is 6.20. The molecule has 0 saturated carbocycles. The van der Waals surface area contributed by atoms with Crippen LogP contribution in [0.5, 0.6) is 0 Å². The van der Waals surface area contributed by atoms with E-state index < -0.39 is 0 Å². The van der Waals surface area contributed by atoms with E-state index in [4.69, 9.17) is 4.74 Å². The molecule has 0 aromatic heterocycles. The van der Waals surface area contributed by atoms with Crippen molar-refractivity contribution in [2.45, 2.75) is 51.7 Å². The lowest BCUT2D eigenvalue weighted by molar-refractivity contribution is 0.115. The first-order valence-electron chi connectivity index (χ1n) is 5.86. The summed E-state index contributed by atoms with van der Waals surface area (Å²) in [5.41, 5.74) is 0. The fraction of sp³-hybridized carbons (Fsp3) is 0.909. The van der Waals surface area contributed by atoms with E-state index in [9.17, 15) is 4.79 Å². The van der Waals surface area contributed by atoms with Gasteiger partial charge in [-0.1, -0.05) is 6.42 Å². The summed E-state index contributed by atoms with van der Waals surface area (Å²) in [5.74, 6) is 0. The molecule has 1 aliphatic heterocycles. The van der Waals surface area contributed by atoms with E-state index in [1.807, 2.05) is 13.8 Å². The highest BCUT2D eigenvalue weighted by molar-refractivity contribution is 5.67. The first kappa shape index (κ1) is 12.3. The quantitative estimate of drug-likeness (QED) is 0.748. The van der Waals surface area contributed by atoms with Crippen LogP contribution in [0.15, 0.2) is 0 Å². The third-order valence-electron chi connectivity index (χ3n) is 2.52. The van der Waals surface area contributed by atoms with Gasteiger partial charge in [0.2, 0.25) is 0 Å². The number of piperidine rings is 1. The van der Waals surface area contributed by atoms with Gasteiger partial charge in [0.15, 0.2) is 0 Å². The molecule has 0 bridgehead atoms. The molecule has 1 fully saturated rings. The minimum Gasteiger partial charge on any atom is -0.447 e. The minimum atomic E-state index is -0.305. The molecule has 1 atom stereocenters. The number of amides is 1. The molecule has 1 heterocycles. The van der Waals surface area contributed by atoms with Crippen LogP contribution < -0.4 is 10.6 Å². The summed E-state index contributed by atoms with van der Waals surface area (Å²) >= 11 is 0. The van der Waals surface area contributed by atoms with E-state index in [0.717, 1.165) is 13.0 Å². The van der Waals surface area contributed by atoms with Gasteiger partial charge in [0.05, 0.1) is 6.10 Å². The lowest BCUT2D eigenvalue weighted by Crippen LogP contribution is -2.37. The SMILES string of the molecule is CC(C)OC(=O)NCCC1CCCCN1. The Bertz CT molecular complexity index is 189. The third-order valence-corrected chi connectivity index (χ3v) is 2.52.